The van der Waals surface area contributed by atoms with Crippen LogP contribution in [0.2, 0.25) is 0 Å². The van der Waals surface area contributed by atoms with Crippen molar-refractivity contribution in [2.75, 3.05) is 19.3 Å². The van der Waals surface area contributed by atoms with Crippen LogP contribution in [-0.2, 0) is 0 Å². The third kappa shape index (κ3) is 2.95. The molecule has 2 unspecified atom stereocenters. The highest BCUT2D eigenvalue weighted by atomic mass is 32.2. The van der Waals surface area contributed by atoms with E-state index in [-0.39, 0.29) is 10.8 Å². The van der Waals surface area contributed by atoms with Crippen LogP contribution < -0.4 is 5.32 Å². The molecule has 1 N–H and O–H groups in total. The molecule has 114 valence electrons. The molecule has 2 amide bonds. The third-order valence-corrected chi connectivity index (χ3v) is 6.83. The normalized spacial score (nSPS) is 36.0. The molecule has 3 nitrogen and oxygen atoms in total. The minimum absolute atomic E-state index is 0.124. The molecule has 4 rings (SSSR count). The second-order valence-electron chi connectivity index (χ2n) is 7.71. The number of hydrogen-bond donors (Lipinski definition) is 1. The summed E-state index contributed by atoms with van der Waals surface area (Å²) >= 11 is 1.81. The van der Waals surface area contributed by atoms with Gasteiger partial charge in [0.15, 0.2) is 0 Å². The van der Waals surface area contributed by atoms with Crippen LogP contribution in [0, 0.1) is 17.8 Å². The highest BCUT2D eigenvalue weighted by Gasteiger charge is 2.44. The lowest BCUT2D eigenvalue weighted by Gasteiger charge is -2.39. The van der Waals surface area contributed by atoms with Gasteiger partial charge in [-0.3, -0.25) is 0 Å². The molecule has 2 saturated carbocycles. The molecule has 0 radical (unpaired) electrons. The summed E-state index contributed by atoms with van der Waals surface area (Å²) in [5, 5.41) is 3.18. The summed E-state index contributed by atoms with van der Waals surface area (Å²) in [6, 6.07) is 0.703. The molecule has 4 heteroatoms. The van der Waals surface area contributed by atoms with Crippen LogP contribution in [0.4, 0.5) is 4.79 Å². The van der Waals surface area contributed by atoms with Crippen LogP contribution in [0.3, 0.4) is 0 Å². The van der Waals surface area contributed by atoms with Crippen molar-refractivity contribution in [2.45, 2.75) is 56.7 Å². The number of carbonyl (C=O) groups excluding carboxylic acids is 1. The number of carbonyl (C=O) groups is 1. The van der Waals surface area contributed by atoms with E-state index in [0.29, 0.717) is 6.04 Å². The Bertz CT molecular complexity index is 371. The van der Waals surface area contributed by atoms with Gasteiger partial charge in [0.2, 0.25) is 0 Å². The Morgan fingerprint density at radius 1 is 1.15 bits per heavy atom. The van der Waals surface area contributed by atoms with E-state index in [1.54, 1.807) is 0 Å². The van der Waals surface area contributed by atoms with E-state index in [1.165, 1.54) is 32.1 Å². The van der Waals surface area contributed by atoms with Crippen LogP contribution in [-0.4, -0.2) is 41.1 Å². The second-order valence-corrected chi connectivity index (χ2v) is 9.22. The molecule has 20 heavy (non-hydrogen) atoms. The maximum atomic E-state index is 12.6. The second kappa shape index (κ2) is 5.43. The van der Waals surface area contributed by atoms with Gasteiger partial charge in [0.25, 0.3) is 0 Å². The predicted octanol–water partition coefficient (Wildman–Crippen LogP) is 3.35. The number of fused-ring (bicyclic) bond motifs is 1. The van der Waals surface area contributed by atoms with Crippen molar-refractivity contribution in [3.63, 3.8) is 0 Å². The molecule has 4 bridgehead atoms. The summed E-state index contributed by atoms with van der Waals surface area (Å²) in [6.45, 7) is 6.14. The molecule has 0 spiro atoms. The van der Waals surface area contributed by atoms with Gasteiger partial charge in [-0.2, -0.15) is 11.8 Å². The van der Waals surface area contributed by atoms with Gasteiger partial charge in [0.05, 0.1) is 0 Å². The van der Waals surface area contributed by atoms with Crippen molar-refractivity contribution in [1.82, 2.24) is 10.2 Å². The lowest BCUT2D eigenvalue weighted by molar-refractivity contribution is 0.131. The average Bonchev–Trinajstić information content (AvgIpc) is 2.60. The number of urea groups is 1. The maximum absolute atomic E-state index is 12.6. The van der Waals surface area contributed by atoms with E-state index in [2.05, 4.69) is 30.3 Å². The summed E-state index contributed by atoms with van der Waals surface area (Å²) in [6.07, 6.45) is 8.79. The summed E-state index contributed by atoms with van der Waals surface area (Å²) in [7, 11) is 0. The van der Waals surface area contributed by atoms with Crippen molar-refractivity contribution in [3.8, 4) is 0 Å². The Balaban J connectivity index is 1.63. The van der Waals surface area contributed by atoms with Crippen molar-refractivity contribution in [2.24, 2.45) is 17.8 Å². The molecule has 0 aromatic rings. The van der Waals surface area contributed by atoms with Gasteiger partial charge in [-0.25, -0.2) is 4.79 Å². The Hall–Kier alpha value is -0.380. The first-order valence-corrected chi connectivity index (χ1v) is 9.29. The standard InChI is InChI=1S/C16H28N2OS/c1-16(2,20-3)10-17-15(19)18-9-13-5-11-4-12(6-13)8-14(18)7-11/h11-14H,4-10H2,1-3H3,(H,17,19). The molecule has 2 heterocycles. The van der Waals surface area contributed by atoms with E-state index >= 15 is 0 Å². The van der Waals surface area contributed by atoms with Gasteiger partial charge in [-0.05, 0) is 70.0 Å². The first kappa shape index (κ1) is 14.6. The van der Waals surface area contributed by atoms with Crippen LogP contribution in [0.1, 0.15) is 46.0 Å². The van der Waals surface area contributed by atoms with Crippen LogP contribution in [0.25, 0.3) is 0 Å². The zero-order valence-electron chi connectivity index (χ0n) is 13.0. The number of hydrogen-bond acceptors (Lipinski definition) is 2. The Labute approximate surface area is 127 Å². The molecule has 2 atom stereocenters. The van der Waals surface area contributed by atoms with E-state index in [0.717, 1.165) is 30.8 Å². The highest BCUT2D eigenvalue weighted by Crippen LogP contribution is 2.47. The zero-order valence-corrected chi connectivity index (χ0v) is 13.8. The van der Waals surface area contributed by atoms with E-state index in [9.17, 15) is 4.79 Å². The molecule has 0 aromatic heterocycles. The lowest BCUT2D eigenvalue weighted by Crippen LogP contribution is -2.49. The molecule has 4 fully saturated rings. The van der Waals surface area contributed by atoms with Crippen molar-refractivity contribution >= 4 is 17.8 Å². The fraction of sp³-hybridized carbons (Fsp3) is 0.938. The smallest absolute Gasteiger partial charge is 0.317 e. The van der Waals surface area contributed by atoms with E-state index < -0.39 is 0 Å². The molecular weight excluding hydrogens is 268 g/mol. The SMILES string of the molecule is CSC(C)(C)CNC(=O)N1CC2CC3CC(C2)CC1C3. The van der Waals surface area contributed by atoms with Crippen LogP contribution in [0.15, 0.2) is 0 Å². The Morgan fingerprint density at radius 3 is 2.35 bits per heavy atom. The number of rotatable bonds is 3. The van der Waals surface area contributed by atoms with Gasteiger partial charge < -0.3 is 10.2 Å². The molecule has 2 saturated heterocycles. The highest BCUT2D eigenvalue weighted by molar-refractivity contribution is 7.99. The zero-order chi connectivity index (χ0) is 14.3. The van der Waals surface area contributed by atoms with Crippen LogP contribution >= 0.6 is 11.8 Å². The van der Waals surface area contributed by atoms with Gasteiger partial charge >= 0.3 is 6.03 Å². The minimum Gasteiger partial charge on any atom is -0.337 e. The Kier molecular flexibility index (Phi) is 3.95. The molecule has 2 aliphatic heterocycles. The summed E-state index contributed by atoms with van der Waals surface area (Å²) in [5.41, 5.74) is 0. The predicted molar refractivity (Wildman–Crippen MR) is 85.0 cm³/mol. The third-order valence-electron chi connectivity index (χ3n) is 5.59. The molecular formula is C16H28N2OS. The van der Waals surface area contributed by atoms with Gasteiger partial charge in [0.1, 0.15) is 0 Å². The average molecular weight is 296 g/mol. The van der Waals surface area contributed by atoms with E-state index in [1.807, 2.05) is 11.8 Å². The number of nitrogens with zero attached hydrogens (tertiary/aromatic N) is 1. The van der Waals surface area contributed by atoms with Crippen molar-refractivity contribution in [1.29, 1.82) is 0 Å². The summed E-state index contributed by atoms with van der Waals surface area (Å²) in [4.78, 5) is 14.8. The van der Waals surface area contributed by atoms with Gasteiger partial charge in [-0.1, -0.05) is 0 Å². The van der Waals surface area contributed by atoms with Crippen molar-refractivity contribution in [3.05, 3.63) is 0 Å². The maximum Gasteiger partial charge on any atom is 0.317 e. The first-order chi connectivity index (χ1) is 9.47. The van der Waals surface area contributed by atoms with Gasteiger partial charge in [-0.15, -0.1) is 0 Å². The topological polar surface area (TPSA) is 32.3 Å². The lowest BCUT2D eigenvalue weighted by atomic mass is 9.68. The molecule has 0 aromatic carbocycles. The largest absolute Gasteiger partial charge is 0.337 e. The van der Waals surface area contributed by atoms with E-state index in [4.69, 9.17) is 0 Å². The van der Waals surface area contributed by atoms with Gasteiger partial charge in [0, 0.05) is 23.9 Å². The number of nitrogens with one attached hydrogen (secondary N) is 1. The molecule has 4 aliphatic rings. The number of thioether (sulfide) groups is 1. The minimum atomic E-state index is 0.124. The van der Waals surface area contributed by atoms with Crippen molar-refractivity contribution < 1.29 is 4.79 Å². The monoisotopic (exact) mass is 296 g/mol. The first-order valence-electron chi connectivity index (χ1n) is 8.06. The summed E-state index contributed by atoms with van der Waals surface area (Å²) in [5.74, 6) is 2.57. The fourth-order valence-electron chi connectivity index (χ4n) is 4.50. The Morgan fingerprint density at radius 2 is 1.75 bits per heavy atom. The van der Waals surface area contributed by atoms with Crippen LogP contribution in [0.5, 0.6) is 0 Å². The number of amides is 2. The summed E-state index contributed by atoms with van der Waals surface area (Å²) < 4.78 is 0.124. The quantitative estimate of drug-likeness (QED) is 0.866. The molecule has 2 aliphatic carbocycles. The fourth-order valence-corrected chi connectivity index (χ4v) is 4.71.